The number of aromatic nitrogens is 1. The number of thiophene rings is 1. The monoisotopic (exact) mass is 273 g/mol. The topological polar surface area (TPSA) is 54.7 Å². The van der Waals surface area contributed by atoms with Crippen molar-refractivity contribution in [3.8, 4) is 6.07 Å². The van der Waals surface area contributed by atoms with Crippen LogP contribution >= 0.6 is 11.3 Å². The van der Waals surface area contributed by atoms with Crippen LogP contribution < -0.4 is 5.73 Å². The molecule has 2 N–H and O–H groups in total. The van der Waals surface area contributed by atoms with Crippen LogP contribution in [0.25, 0.3) is 0 Å². The highest BCUT2D eigenvalue weighted by Gasteiger charge is 2.19. The summed E-state index contributed by atoms with van der Waals surface area (Å²) >= 11 is 1.82. The molecule has 2 heterocycles. The summed E-state index contributed by atoms with van der Waals surface area (Å²) < 4.78 is 2.09. The van der Waals surface area contributed by atoms with Crippen LogP contribution in [0.2, 0.25) is 0 Å². The Morgan fingerprint density at radius 3 is 2.53 bits per heavy atom. The number of nitrogens with zero attached hydrogens (tertiary/aromatic N) is 2. The van der Waals surface area contributed by atoms with Crippen molar-refractivity contribution >= 4 is 17.2 Å². The third kappa shape index (κ3) is 2.39. The first-order chi connectivity index (χ1) is 8.95. The number of aryl methyl sites for hydroxylation is 1. The Balaban J connectivity index is 2.34. The Kier molecular flexibility index (Phi) is 3.68. The van der Waals surface area contributed by atoms with E-state index in [0.29, 0.717) is 11.4 Å². The van der Waals surface area contributed by atoms with Gasteiger partial charge in [-0.15, -0.1) is 11.3 Å². The molecule has 2 aromatic heterocycles. The maximum atomic E-state index is 9.17. The Morgan fingerprint density at radius 1 is 1.37 bits per heavy atom. The molecule has 0 aliphatic heterocycles. The van der Waals surface area contributed by atoms with Gasteiger partial charge in [-0.1, -0.05) is 0 Å². The minimum absolute atomic E-state index is 0.263. The van der Waals surface area contributed by atoms with Gasteiger partial charge >= 0.3 is 0 Å². The number of rotatable bonds is 3. The molecule has 19 heavy (non-hydrogen) atoms. The van der Waals surface area contributed by atoms with Gasteiger partial charge < -0.3 is 10.3 Å². The molecule has 4 heteroatoms. The lowest BCUT2D eigenvalue weighted by molar-refractivity contribution is 0.545. The van der Waals surface area contributed by atoms with Crippen molar-refractivity contribution in [2.24, 2.45) is 0 Å². The minimum Gasteiger partial charge on any atom is -0.384 e. The fraction of sp³-hybridized carbons (Fsp3) is 0.400. The van der Waals surface area contributed by atoms with Gasteiger partial charge in [0.25, 0.3) is 0 Å². The molecule has 0 aliphatic rings. The summed E-state index contributed by atoms with van der Waals surface area (Å²) in [7, 11) is 0. The van der Waals surface area contributed by atoms with E-state index in [4.69, 9.17) is 5.73 Å². The molecule has 1 unspecified atom stereocenters. The Hall–Kier alpha value is -1.73. The zero-order chi connectivity index (χ0) is 14.2. The van der Waals surface area contributed by atoms with Gasteiger partial charge in [0, 0.05) is 27.9 Å². The summed E-state index contributed by atoms with van der Waals surface area (Å²) in [5.41, 5.74) is 8.82. The van der Waals surface area contributed by atoms with Crippen LogP contribution in [0.4, 0.5) is 5.82 Å². The van der Waals surface area contributed by atoms with Crippen LogP contribution in [-0.2, 0) is 6.42 Å². The second-order valence-corrected chi connectivity index (χ2v) is 6.39. The van der Waals surface area contributed by atoms with E-state index in [-0.39, 0.29) is 6.04 Å². The molecule has 100 valence electrons. The highest BCUT2D eigenvalue weighted by Crippen LogP contribution is 2.30. The van der Waals surface area contributed by atoms with Gasteiger partial charge in [0.2, 0.25) is 0 Å². The van der Waals surface area contributed by atoms with Crippen LogP contribution in [0.1, 0.15) is 39.5 Å². The third-order valence-corrected chi connectivity index (χ3v) is 4.66. The lowest BCUT2D eigenvalue weighted by Gasteiger charge is -2.17. The Bertz CT molecular complexity index is 643. The molecule has 0 saturated carbocycles. The summed E-state index contributed by atoms with van der Waals surface area (Å²) in [6.07, 6.45) is 0.947. The van der Waals surface area contributed by atoms with E-state index in [9.17, 15) is 5.26 Å². The summed E-state index contributed by atoms with van der Waals surface area (Å²) in [6, 6.07) is 6.78. The number of hydrogen-bond acceptors (Lipinski definition) is 3. The number of nitrogens with two attached hydrogens (primary N) is 1. The SMILES string of the molecule is Cc1ccc(CC(C)n2c(C)c(C)c(C#N)c2N)s1. The fourth-order valence-corrected chi connectivity index (χ4v) is 3.55. The maximum absolute atomic E-state index is 9.17. The molecule has 0 aliphatic carbocycles. The molecule has 2 aromatic rings. The van der Waals surface area contributed by atoms with E-state index in [0.717, 1.165) is 17.7 Å². The van der Waals surface area contributed by atoms with Crippen LogP contribution in [0.5, 0.6) is 0 Å². The highest BCUT2D eigenvalue weighted by molar-refractivity contribution is 7.11. The van der Waals surface area contributed by atoms with E-state index in [2.05, 4.69) is 36.6 Å². The van der Waals surface area contributed by atoms with Crippen LogP contribution in [0.15, 0.2) is 12.1 Å². The quantitative estimate of drug-likeness (QED) is 0.926. The fourth-order valence-electron chi connectivity index (χ4n) is 2.54. The molecule has 3 nitrogen and oxygen atoms in total. The first kappa shape index (κ1) is 13.7. The molecule has 0 bridgehead atoms. The van der Waals surface area contributed by atoms with Crippen molar-refractivity contribution in [2.75, 3.05) is 5.73 Å². The molecule has 2 rings (SSSR count). The Labute approximate surface area is 118 Å². The molecule has 0 aromatic carbocycles. The van der Waals surface area contributed by atoms with E-state index in [1.165, 1.54) is 9.75 Å². The number of nitriles is 1. The normalized spacial score (nSPS) is 12.4. The van der Waals surface area contributed by atoms with E-state index >= 15 is 0 Å². The predicted molar refractivity (Wildman–Crippen MR) is 80.5 cm³/mol. The zero-order valence-corrected chi connectivity index (χ0v) is 12.6. The van der Waals surface area contributed by atoms with Gasteiger partial charge in [-0.25, -0.2) is 0 Å². The summed E-state index contributed by atoms with van der Waals surface area (Å²) in [4.78, 5) is 2.68. The van der Waals surface area contributed by atoms with Crippen molar-refractivity contribution < 1.29 is 0 Å². The predicted octanol–water partition coefficient (Wildman–Crippen LogP) is 3.73. The standard InChI is InChI=1S/C15H19N3S/c1-9(7-13-6-5-10(2)19-13)18-12(4)11(3)14(8-16)15(18)17/h5-6,9H,7,17H2,1-4H3. The van der Waals surface area contributed by atoms with Crippen LogP contribution in [-0.4, -0.2) is 4.57 Å². The molecule has 0 radical (unpaired) electrons. The zero-order valence-electron chi connectivity index (χ0n) is 11.8. The van der Waals surface area contributed by atoms with Gasteiger partial charge in [0.05, 0.1) is 5.56 Å². The van der Waals surface area contributed by atoms with E-state index in [1.54, 1.807) is 0 Å². The molecular weight excluding hydrogens is 254 g/mol. The van der Waals surface area contributed by atoms with Gasteiger partial charge in [0.1, 0.15) is 11.9 Å². The molecule has 0 amide bonds. The second-order valence-electron chi connectivity index (χ2n) is 5.02. The van der Waals surface area contributed by atoms with Gasteiger partial charge in [-0.05, 0) is 45.4 Å². The molecule has 0 fully saturated rings. The van der Waals surface area contributed by atoms with E-state index < -0.39 is 0 Å². The lowest BCUT2D eigenvalue weighted by Crippen LogP contribution is -2.12. The summed E-state index contributed by atoms with van der Waals surface area (Å²) in [5, 5.41) is 9.17. The van der Waals surface area contributed by atoms with E-state index in [1.807, 2.05) is 25.2 Å². The van der Waals surface area contributed by atoms with Crippen molar-refractivity contribution in [1.29, 1.82) is 5.26 Å². The number of hydrogen-bond donors (Lipinski definition) is 1. The van der Waals surface area contributed by atoms with Gasteiger partial charge in [-0.3, -0.25) is 0 Å². The maximum Gasteiger partial charge on any atom is 0.122 e. The number of anilines is 1. The largest absolute Gasteiger partial charge is 0.384 e. The first-order valence-corrected chi connectivity index (χ1v) is 7.19. The second kappa shape index (κ2) is 5.10. The van der Waals surface area contributed by atoms with Crippen molar-refractivity contribution in [2.45, 2.75) is 40.2 Å². The molecule has 1 atom stereocenters. The summed E-state index contributed by atoms with van der Waals surface area (Å²) in [5.74, 6) is 0.596. The van der Waals surface area contributed by atoms with Gasteiger partial charge in [0.15, 0.2) is 0 Å². The first-order valence-electron chi connectivity index (χ1n) is 6.38. The molecule has 0 spiro atoms. The highest BCUT2D eigenvalue weighted by atomic mass is 32.1. The summed E-state index contributed by atoms with van der Waals surface area (Å²) in [6.45, 7) is 8.26. The Morgan fingerprint density at radius 2 is 2.05 bits per heavy atom. The van der Waals surface area contributed by atoms with Gasteiger partial charge in [-0.2, -0.15) is 5.26 Å². The smallest absolute Gasteiger partial charge is 0.122 e. The minimum atomic E-state index is 0.263. The average Bonchev–Trinajstić information content (AvgIpc) is 2.83. The van der Waals surface area contributed by atoms with Crippen molar-refractivity contribution in [3.63, 3.8) is 0 Å². The number of nitrogen functional groups attached to an aromatic ring is 1. The van der Waals surface area contributed by atoms with Crippen LogP contribution in [0.3, 0.4) is 0 Å². The molecule has 0 saturated heterocycles. The van der Waals surface area contributed by atoms with Crippen molar-refractivity contribution in [3.05, 3.63) is 38.7 Å². The average molecular weight is 273 g/mol. The van der Waals surface area contributed by atoms with Crippen LogP contribution in [0, 0.1) is 32.1 Å². The van der Waals surface area contributed by atoms with Crippen molar-refractivity contribution in [1.82, 2.24) is 4.57 Å². The third-order valence-electron chi connectivity index (χ3n) is 3.64. The molecular formula is C15H19N3S. The lowest BCUT2D eigenvalue weighted by atomic mass is 10.2.